The summed E-state index contributed by atoms with van der Waals surface area (Å²) in [6.07, 6.45) is 3.69. The van der Waals surface area contributed by atoms with E-state index in [2.05, 4.69) is 5.32 Å². The van der Waals surface area contributed by atoms with Crippen LogP contribution in [-0.2, 0) is 16.2 Å². The van der Waals surface area contributed by atoms with Crippen LogP contribution in [0.4, 0.5) is 5.69 Å². The van der Waals surface area contributed by atoms with E-state index in [1.807, 2.05) is 53.4 Å². The van der Waals surface area contributed by atoms with Gasteiger partial charge in [-0.1, -0.05) is 29.8 Å². The quantitative estimate of drug-likeness (QED) is 0.759. The summed E-state index contributed by atoms with van der Waals surface area (Å²) in [5.41, 5.74) is 1.65. The Morgan fingerprint density at radius 1 is 1.03 bits per heavy atom. The molecule has 1 saturated carbocycles. The van der Waals surface area contributed by atoms with Crippen molar-refractivity contribution in [2.75, 3.05) is 18.4 Å². The Morgan fingerprint density at radius 2 is 1.79 bits per heavy atom. The lowest BCUT2D eigenvalue weighted by molar-refractivity contribution is -0.135. The average molecular weight is 413 g/mol. The van der Waals surface area contributed by atoms with Crippen molar-refractivity contribution < 1.29 is 14.3 Å². The second-order valence-corrected chi connectivity index (χ2v) is 8.20. The SMILES string of the molecule is O=C(Nc1ccc(OCc2ccccc2Cl)cc1)C1CCCN(C(=O)C2CC2)C1. The number of hydrogen-bond acceptors (Lipinski definition) is 3. The molecule has 4 rings (SSSR count). The van der Waals surface area contributed by atoms with E-state index < -0.39 is 0 Å². The van der Waals surface area contributed by atoms with Gasteiger partial charge in [0.15, 0.2) is 0 Å². The molecule has 5 nitrogen and oxygen atoms in total. The number of likely N-dealkylation sites (tertiary alicyclic amines) is 1. The fraction of sp³-hybridized carbons (Fsp3) is 0.391. The first-order valence-corrected chi connectivity index (χ1v) is 10.5. The van der Waals surface area contributed by atoms with E-state index in [4.69, 9.17) is 16.3 Å². The number of carbonyl (C=O) groups is 2. The van der Waals surface area contributed by atoms with E-state index in [1.165, 1.54) is 0 Å². The van der Waals surface area contributed by atoms with Crippen LogP contribution >= 0.6 is 11.6 Å². The van der Waals surface area contributed by atoms with Crippen LogP contribution in [0, 0.1) is 11.8 Å². The first-order valence-electron chi connectivity index (χ1n) is 10.2. The van der Waals surface area contributed by atoms with E-state index in [-0.39, 0.29) is 23.7 Å². The van der Waals surface area contributed by atoms with Crippen molar-refractivity contribution in [2.45, 2.75) is 32.3 Å². The minimum Gasteiger partial charge on any atom is -0.489 e. The molecule has 1 unspecified atom stereocenters. The highest BCUT2D eigenvalue weighted by atomic mass is 35.5. The van der Waals surface area contributed by atoms with Gasteiger partial charge in [-0.05, 0) is 56.0 Å². The largest absolute Gasteiger partial charge is 0.489 e. The molecule has 0 spiro atoms. The number of ether oxygens (including phenoxy) is 1. The van der Waals surface area contributed by atoms with Crippen LogP contribution < -0.4 is 10.1 Å². The predicted molar refractivity (Wildman–Crippen MR) is 113 cm³/mol. The number of rotatable bonds is 6. The van der Waals surface area contributed by atoms with Gasteiger partial charge in [-0.25, -0.2) is 0 Å². The van der Waals surface area contributed by atoms with Gasteiger partial charge in [0, 0.05) is 35.3 Å². The Balaban J connectivity index is 1.29. The number of hydrogen-bond donors (Lipinski definition) is 1. The number of carbonyl (C=O) groups excluding carboxylic acids is 2. The summed E-state index contributed by atoms with van der Waals surface area (Å²) in [7, 11) is 0. The van der Waals surface area contributed by atoms with Crippen LogP contribution in [-0.4, -0.2) is 29.8 Å². The number of piperidine rings is 1. The fourth-order valence-corrected chi connectivity index (χ4v) is 3.83. The molecule has 0 radical (unpaired) electrons. The number of anilines is 1. The molecule has 1 aliphatic carbocycles. The van der Waals surface area contributed by atoms with E-state index >= 15 is 0 Å². The van der Waals surface area contributed by atoms with Crippen molar-refractivity contribution in [1.82, 2.24) is 4.90 Å². The molecule has 29 heavy (non-hydrogen) atoms. The van der Waals surface area contributed by atoms with Gasteiger partial charge in [0.2, 0.25) is 11.8 Å². The van der Waals surface area contributed by atoms with Crippen LogP contribution in [0.25, 0.3) is 0 Å². The zero-order chi connectivity index (χ0) is 20.2. The van der Waals surface area contributed by atoms with Gasteiger partial charge >= 0.3 is 0 Å². The molecule has 1 aliphatic heterocycles. The van der Waals surface area contributed by atoms with Gasteiger partial charge in [-0.2, -0.15) is 0 Å². The van der Waals surface area contributed by atoms with E-state index in [1.54, 1.807) is 0 Å². The molecule has 152 valence electrons. The van der Waals surface area contributed by atoms with Gasteiger partial charge in [0.1, 0.15) is 12.4 Å². The third-order valence-corrected chi connectivity index (χ3v) is 5.87. The molecule has 1 N–H and O–H groups in total. The second kappa shape index (κ2) is 8.87. The van der Waals surface area contributed by atoms with Crippen molar-refractivity contribution >= 4 is 29.1 Å². The predicted octanol–water partition coefficient (Wildman–Crippen LogP) is 4.51. The minimum absolute atomic E-state index is 0.0250. The Labute approximate surface area is 176 Å². The number of benzene rings is 2. The van der Waals surface area contributed by atoms with Crippen LogP contribution in [0.2, 0.25) is 5.02 Å². The molecule has 1 saturated heterocycles. The van der Waals surface area contributed by atoms with Crippen LogP contribution in [0.15, 0.2) is 48.5 Å². The van der Waals surface area contributed by atoms with Crippen molar-refractivity contribution in [3.63, 3.8) is 0 Å². The molecular weight excluding hydrogens is 388 g/mol. The Morgan fingerprint density at radius 3 is 2.52 bits per heavy atom. The minimum atomic E-state index is -0.150. The van der Waals surface area contributed by atoms with Crippen LogP contribution in [0.1, 0.15) is 31.2 Å². The first kappa shape index (κ1) is 19.8. The Hall–Kier alpha value is -2.53. The molecule has 2 aromatic rings. The molecule has 0 aromatic heterocycles. The molecule has 2 aliphatic rings. The number of nitrogens with zero attached hydrogens (tertiary/aromatic N) is 1. The molecule has 6 heteroatoms. The highest BCUT2D eigenvalue weighted by Gasteiger charge is 2.36. The van der Waals surface area contributed by atoms with Crippen molar-refractivity contribution in [1.29, 1.82) is 0 Å². The number of amides is 2. The van der Waals surface area contributed by atoms with Crippen molar-refractivity contribution in [3.05, 3.63) is 59.1 Å². The van der Waals surface area contributed by atoms with Crippen molar-refractivity contribution in [2.24, 2.45) is 11.8 Å². The van der Waals surface area contributed by atoms with E-state index in [9.17, 15) is 9.59 Å². The fourth-order valence-electron chi connectivity index (χ4n) is 3.64. The monoisotopic (exact) mass is 412 g/mol. The Bertz CT molecular complexity index is 880. The summed E-state index contributed by atoms with van der Waals surface area (Å²) in [5, 5.41) is 3.65. The maximum atomic E-state index is 12.7. The molecule has 2 aromatic carbocycles. The normalized spacial score (nSPS) is 18.9. The lowest BCUT2D eigenvalue weighted by atomic mass is 9.96. The standard InChI is InChI=1S/C23H25ClN2O3/c24-21-6-2-1-4-18(21)15-29-20-11-9-19(10-12-20)25-22(27)17-5-3-13-26(14-17)23(28)16-7-8-16/h1-2,4,6,9-12,16-17H,3,5,7-8,13-15H2,(H,25,27). The lowest BCUT2D eigenvalue weighted by Crippen LogP contribution is -2.44. The molecule has 2 fully saturated rings. The lowest BCUT2D eigenvalue weighted by Gasteiger charge is -2.32. The molecular formula is C23H25ClN2O3. The third-order valence-electron chi connectivity index (χ3n) is 5.50. The third kappa shape index (κ3) is 5.10. The number of halogens is 1. The number of nitrogens with one attached hydrogen (secondary N) is 1. The van der Waals surface area contributed by atoms with Crippen molar-refractivity contribution in [3.8, 4) is 5.75 Å². The highest BCUT2D eigenvalue weighted by molar-refractivity contribution is 6.31. The Kier molecular flexibility index (Phi) is 6.05. The van der Waals surface area contributed by atoms with E-state index in [0.29, 0.717) is 23.9 Å². The van der Waals surface area contributed by atoms with Crippen LogP contribution in [0.5, 0.6) is 5.75 Å². The summed E-state index contributed by atoms with van der Waals surface area (Å²) < 4.78 is 5.78. The maximum Gasteiger partial charge on any atom is 0.229 e. The summed E-state index contributed by atoms with van der Waals surface area (Å²) in [6.45, 7) is 1.69. The van der Waals surface area contributed by atoms with Gasteiger partial charge in [-0.3, -0.25) is 9.59 Å². The van der Waals surface area contributed by atoms with Gasteiger partial charge in [-0.15, -0.1) is 0 Å². The van der Waals surface area contributed by atoms with Gasteiger partial charge in [0.05, 0.1) is 5.92 Å². The summed E-state index contributed by atoms with van der Waals surface area (Å²) in [5.74, 6) is 0.963. The summed E-state index contributed by atoms with van der Waals surface area (Å²) >= 11 is 6.15. The molecule has 0 bridgehead atoms. The van der Waals surface area contributed by atoms with Crippen LogP contribution in [0.3, 0.4) is 0 Å². The molecule has 1 heterocycles. The van der Waals surface area contributed by atoms with Gasteiger partial charge < -0.3 is 15.0 Å². The highest BCUT2D eigenvalue weighted by Crippen LogP contribution is 2.32. The zero-order valence-electron chi connectivity index (χ0n) is 16.3. The molecule has 1 atom stereocenters. The topological polar surface area (TPSA) is 58.6 Å². The summed E-state index contributed by atoms with van der Waals surface area (Å²) in [6, 6.07) is 14.9. The summed E-state index contributed by atoms with van der Waals surface area (Å²) in [4.78, 5) is 26.8. The molecule has 2 amide bonds. The first-order chi connectivity index (χ1) is 14.1. The second-order valence-electron chi connectivity index (χ2n) is 7.79. The smallest absolute Gasteiger partial charge is 0.229 e. The van der Waals surface area contributed by atoms with Gasteiger partial charge in [0.25, 0.3) is 0 Å². The zero-order valence-corrected chi connectivity index (χ0v) is 17.0. The van der Waals surface area contributed by atoms with E-state index in [0.717, 1.165) is 43.5 Å². The average Bonchev–Trinajstić information content (AvgIpc) is 3.59. The maximum absolute atomic E-state index is 12.7.